The number of halogens is 6. The van der Waals surface area contributed by atoms with Gasteiger partial charge in [0, 0.05) is 22.6 Å². The number of ether oxygens (including phenoxy) is 3. The van der Waals surface area contributed by atoms with Crippen LogP contribution in [-0.2, 0) is 0 Å². The minimum absolute atomic E-state index is 0.0428. The molecule has 0 aliphatic carbocycles. The van der Waals surface area contributed by atoms with Crippen LogP contribution < -0.4 is 31.4 Å². The molecule has 0 heterocycles. The van der Waals surface area contributed by atoms with Gasteiger partial charge in [-0.1, -0.05) is 6.07 Å². The maximum Gasteiger partial charge on any atom is 0.404 e. The second-order valence-corrected chi connectivity index (χ2v) is 8.34. The molecule has 0 atom stereocenters. The fraction of sp³-hybridized carbons (Fsp3) is 0.111. The van der Waals surface area contributed by atoms with E-state index in [4.69, 9.17) is 31.4 Å². The van der Waals surface area contributed by atoms with Crippen LogP contribution in [0.1, 0.15) is 11.5 Å². The molecule has 39 heavy (non-hydrogen) atoms. The van der Waals surface area contributed by atoms with E-state index in [1.54, 1.807) is 0 Å². The molecule has 12 heteroatoms. The molecule has 204 valence electrons. The van der Waals surface area contributed by atoms with Gasteiger partial charge in [0.05, 0.1) is 0 Å². The number of nitrogen functional groups attached to an aromatic ring is 3. The Morgan fingerprint density at radius 3 is 1.21 bits per heavy atom. The van der Waals surface area contributed by atoms with Crippen molar-refractivity contribution in [2.75, 3.05) is 17.2 Å². The van der Waals surface area contributed by atoms with Gasteiger partial charge < -0.3 is 31.4 Å². The molecule has 0 saturated carbocycles. The number of hydrogen-bond acceptors (Lipinski definition) is 6. The summed E-state index contributed by atoms with van der Waals surface area (Å²) in [5.41, 5.74) is 16.9. The number of hydrogen-bond donors (Lipinski definition) is 3. The summed E-state index contributed by atoms with van der Waals surface area (Å²) in [4.78, 5) is 0. The molecule has 4 rings (SSSR count). The largest absolute Gasteiger partial charge is 0.453 e. The Hall–Kier alpha value is -4.74. The standard InChI is InChI=1S/C27H21F6N3O3/c28-26(29,30)25(27(31,32)33)21-13-14-22(37-18-7-1-15(34)2-8-18)24(39-20-11-5-17(36)6-12-20)23(21)38-19-9-3-16(35)4-10-19/h1-14,25H,34-36H2. The van der Waals surface area contributed by atoms with E-state index >= 15 is 0 Å². The zero-order valence-corrected chi connectivity index (χ0v) is 19.9. The van der Waals surface area contributed by atoms with Crippen molar-refractivity contribution in [3.05, 3.63) is 90.5 Å². The fourth-order valence-corrected chi connectivity index (χ4v) is 3.58. The number of anilines is 3. The molecule has 0 aliphatic heterocycles. The molecule has 0 unspecified atom stereocenters. The van der Waals surface area contributed by atoms with Gasteiger partial charge in [-0.2, -0.15) is 26.3 Å². The van der Waals surface area contributed by atoms with Crippen molar-refractivity contribution in [3.63, 3.8) is 0 Å². The summed E-state index contributed by atoms with van der Waals surface area (Å²) in [6.07, 6.45) is -11.4. The van der Waals surface area contributed by atoms with Crippen LogP contribution in [0.5, 0.6) is 34.5 Å². The smallest absolute Gasteiger partial charge is 0.404 e. The molecule has 0 aromatic heterocycles. The molecular weight excluding hydrogens is 528 g/mol. The van der Waals surface area contributed by atoms with E-state index in [9.17, 15) is 26.3 Å². The maximum absolute atomic E-state index is 13.9. The van der Waals surface area contributed by atoms with E-state index in [1.165, 1.54) is 72.8 Å². The first-order valence-corrected chi connectivity index (χ1v) is 11.2. The van der Waals surface area contributed by atoms with E-state index in [0.717, 1.165) is 6.07 Å². The lowest BCUT2D eigenvalue weighted by Gasteiger charge is -2.27. The van der Waals surface area contributed by atoms with Crippen molar-refractivity contribution in [2.24, 2.45) is 0 Å². The van der Waals surface area contributed by atoms with Crippen LogP contribution in [0.15, 0.2) is 84.9 Å². The lowest BCUT2D eigenvalue weighted by Crippen LogP contribution is -2.34. The van der Waals surface area contributed by atoms with Crippen molar-refractivity contribution in [2.45, 2.75) is 18.3 Å². The first-order valence-electron chi connectivity index (χ1n) is 11.2. The summed E-state index contributed by atoms with van der Waals surface area (Å²) < 4.78 is 100. The van der Waals surface area contributed by atoms with E-state index < -0.39 is 35.3 Å². The summed E-state index contributed by atoms with van der Waals surface area (Å²) in [7, 11) is 0. The summed E-state index contributed by atoms with van der Waals surface area (Å²) in [5.74, 6) is -5.39. The number of nitrogens with two attached hydrogens (primary N) is 3. The number of benzene rings is 4. The highest BCUT2D eigenvalue weighted by molar-refractivity contribution is 5.61. The number of alkyl halides is 6. The van der Waals surface area contributed by atoms with Crippen molar-refractivity contribution < 1.29 is 40.6 Å². The zero-order chi connectivity index (χ0) is 28.4. The van der Waals surface area contributed by atoms with Gasteiger partial charge >= 0.3 is 12.4 Å². The Balaban J connectivity index is 1.96. The topological polar surface area (TPSA) is 106 Å². The average Bonchev–Trinajstić information content (AvgIpc) is 2.84. The van der Waals surface area contributed by atoms with Crippen LogP contribution in [0.4, 0.5) is 43.4 Å². The summed E-state index contributed by atoms with van der Waals surface area (Å²) in [6, 6.07) is 18.5. The van der Waals surface area contributed by atoms with Gasteiger partial charge in [-0.3, -0.25) is 0 Å². The van der Waals surface area contributed by atoms with Gasteiger partial charge in [0.2, 0.25) is 5.75 Å². The van der Waals surface area contributed by atoms with Crippen molar-refractivity contribution in [1.82, 2.24) is 0 Å². The van der Waals surface area contributed by atoms with Crippen LogP contribution in [-0.4, -0.2) is 12.4 Å². The molecule has 0 radical (unpaired) electrons. The average molecular weight is 549 g/mol. The molecule has 0 saturated heterocycles. The third-order valence-corrected chi connectivity index (χ3v) is 5.38. The van der Waals surface area contributed by atoms with Crippen LogP contribution in [0, 0.1) is 0 Å². The van der Waals surface area contributed by atoms with Gasteiger partial charge in [0.15, 0.2) is 17.4 Å². The van der Waals surface area contributed by atoms with E-state index in [2.05, 4.69) is 0 Å². The highest BCUT2D eigenvalue weighted by Crippen LogP contribution is 2.55. The molecule has 0 spiro atoms. The Morgan fingerprint density at radius 2 is 0.821 bits per heavy atom. The molecule has 0 aliphatic rings. The van der Waals surface area contributed by atoms with Gasteiger partial charge in [-0.05, 0) is 78.9 Å². The maximum atomic E-state index is 13.9. The summed E-state index contributed by atoms with van der Waals surface area (Å²) in [5, 5.41) is 0. The minimum Gasteiger partial charge on any atom is -0.453 e. The first kappa shape index (κ1) is 27.3. The van der Waals surface area contributed by atoms with Gasteiger partial charge in [0.1, 0.15) is 17.2 Å². The SMILES string of the molecule is Nc1ccc(Oc2ccc(C(C(F)(F)F)C(F)(F)F)c(Oc3ccc(N)cc3)c2Oc2ccc(N)cc2)cc1. The van der Waals surface area contributed by atoms with Crippen LogP contribution in [0.2, 0.25) is 0 Å². The Morgan fingerprint density at radius 1 is 0.462 bits per heavy atom. The lowest BCUT2D eigenvalue weighted by molar-refractivity contribution is -0.253. The van der Waals surface area contributed by atoms with Gasteiger partial charge in [-0.15, -0.1) is 0 Å². The quantitative estimate of drug-likeness (QED) is 0.159. The van der Waals surface area contributed by atoms with Crippen LogP contribution in [0.25, 0.3) is 0 Å². The molecule has 6 nitrogen and oxygen atoms in total. The number of rotatable bonds is 7. The molecule has 6 N–H and O–H groups in total. The van der Waals surface area contributed by atoms with E-state index in [-0.39, 0.29) is 23.0 Å². The molecule has 4 aromatic rings. The second-order valence-electron chi connectivity index (χ2n) is 8.34. The predicted octanol–water partition coefficient (Wildman–Crippen LogP) is 8.02. The van der Waals surface area contributed by atoms with E-state index in [1.807, 2.05) is 0 Å². The van der Waals surface area contributed by atoms with Gasteiger partial charge in [-0.25, -0.2) is 0 Å². The third-order valence-electron chi connectivity index (χ3n) is 5.38. The second kappa shape index (κ2) is 10.6. The normalized spacial score (nSPS) is 11.9. The lowest BCUT2D eigenvalue weighted by atomic mass is 9.96. The third kappa shape index (κ3) is 6.58. The fourth-order valence-electron chi connectivity index (χ4n) is 3.58. The molecule has 0 fully saturated rings. The molecule has 0 amide bonds. The van der Waals surface area contributed by atoms with E-state index in [0.29, 0.717) is 23.1 Å². The zero-order valence-electron chi connectivity index (χ0n) is 19.9. The Bertz CT molecular complexity index is 1410. The predicted molar refractivity (Wildman–Crippen MR) is 134 cm³/mol. The Kier molecular flexibility index (Phi) is 7.39. The Labute approximate surface area is 218 Å². The summed E-state index contributed by atoms with van der Waals surface area (Å²) >= 11 is 0. The first-order chi connectivity index (χ1) is 18.3. The highest BCUT2D eigenvalue weighted by atomic mass is 19.4. The van der Waals surface area contributed by atoms with Crippen LogP contribution >= 0.6 is 0 Å². The van der Waals surface area contributed by atoms with Crippen LogP contribution in [0.3, 0.4) is 0 Å². The molecule has 0 bridgehead atoms. The van der Waals surface area contributed by atoms with Gasteiger partial charge in [0.25, 0.3) is 0 Å². The van der Waals surface area contributed by atoms with Crippen molar-refractivity contribution in [3.8, 4) is 34.5 Å². The molecular formula is C27H21F6N3O3. The minimum atomic E-state index is -5.71. The summed E-state index contributed by atoms with van der Waals surface area (Å²) in [6.45, 7) is 0. The van der Waals surface area contributed by atoms with Crippen molar-refractivity contribution >= 4 is 17.1 Å². The highest BCUT2D eigenvalue weighted by Gasteiger charge is 2.59. The van der Waals surface area contributed by atoms with Crippen molar-refractivity contribution in [1.29, 1.82) is 0 Å². The monoisotopic (exact) mass is 549 g/mol. The molecule has 4 aromatic carbocycles.